The summed E-state index contributed by atoms with van der Waals surface area (Å²) in [7, 11) is 1.65. The van der Waals surface area contributed by atoms with Crippen molar-refractivity contribution in [1.29, 1.82) is 0 Å². The van der Waals surface area contributed by atoms with Crippen molar-refractivity contribution in [3.63, 3.8) is 0 Å². The van der Waals surface area contributed by atoms with Gasteiger partial charge in [0.15, 0.2) is 0 Å². The zero-order chi connectivity index (χ0) is 14.5. The summed E-state index contributed by atoms with van der Waals surface area (Å²) < 4.78 is 6.16. The quantitative estimate of drug-likeness (QED) is 0.885. The van der Waals surface area contributed by atoms with E-state index >= 15 is 0 Å². The van der Waals surface area contributed by atoms with Crippen LogP contribution in [0, 0.1) is 5.92 Å². The van der Waals surface area contributed by atoms with Crippen molar-refractivity contribution in [2.45, 2.75) is 32.4 Å². The van der Waals surface area contributed by atoms with Crippen LogP contribution in [0.15, 0.2) is 22.7 Å². The first kappa shape index (κ1) is 15.5. The molecule has 1 fully saturated rings. The maximum Gasteiger partial charge on any atom is 0.227 e. The van der Waals surface area contributed by atoms with E-state index in [0.717, 1.165) is 35.1 Å². The van der Waals surface area contributed by atoms with Gasteiger partial charge in [0.05, 0.1) is 6.61 Å². The van der Waals surface area contributed by atoms with Gasteiger partial charge in [-0.1, -0.05) is 22.0 Å². The first-order valence-corrected chi connectivity index (χ1v) is 7.71. The summed E-state index contributed by atoms with van der Waals surface area (Å²) in [5, 5.41) is 6.41. The lowest BCUT2D eigenvalue weighted by atomic mass is 9.92. The number of amides is 1. The highest BCUT2D eigenvalue weighted by Crippen LogP contribution is 2.27. The fourth-order valence-corrected chi connectivity index (χ4v) is 3.05. The summed E-state index contributed by atoms with van der Waals surface area (Å²) in [4.78, 5) is 12.4. The molecule has 0 radical (unpaired) electrons. The molecule has 1 amide bonds. The lowest BCUT2D eigenvalue weighted by Gasteiger charge is -2.27. The van der Waals surface area contributed by atoms with E-state index in [1.807, 2.05) is 18.2 Å². The number of carbonyl (C=O) groups is 1. The van der Waals surface area contributed by atoms with Crippen LogP contribution in [0.2, 0.25) is 0 Å². The number of hydrogen-bond donors (Lipinski definition) is 2. The van der Waals surface area contributed by atoms with Gasteiger partial charge < -0.3 is 15.4 Å². The fourth-order valence-electron chi connectivity index (χ4n) is 2.57. The molecule has 2 N–H and O–H groups in total. The molecule has 1 aliphatic rings. The third-order valence-electron chi connectivity index (χ3n) is 3.66. The summed E-state index contributed by atoms with van der Waals surface area (Å²) in [5.41, 5.74) is 1.81. The average molecular weight is 341 g/mol. The zero-order valence-electron chi connectivity index (χ0n) is 11.9. The first-order valence-electron chi connectivity index (χ1n) is 6.92. The molecule has 4 nitrogen and oxygen atoms in total. The van der Waals surface area contributed by atoms with Crippen LogP contribution >= 0.6 is 15.9 Å². The van der Waals surface area contributed by atoms with Crippen molar-refractivity contribution >= 4 is 27.5 Å². The smallest absolute Gasteiger partial charge is 0.227 e. The van der Waals surface area contributed by atoms with Gasteiger partial charge in [-0.3, -0.25) is 4.79 Å². The Morgan fingerprint density at radius 2 is 2.35 bits per heavy atom. The second-order valence-electron chi connectivity index (χ2n) is 5.26. The maximum atomic E-state index is 12.4. The SMILES string of the molecule is COCc1c(Br)cccc1NC(=O)[C@H]1CCN[C@@H](C)C1. The molecule has 0 spiro atoms. The van der Waals surface area contributed by atoms with Crippen molar-refractivity contribution in [2.75, 3.05) is 19.0 Å². The van der Waals surface area contributed by atoms with Crippen LogP contribution < -0.4 is 10.6 Å². The van der Waals surface area contributed by atoms with Crippen LogP contribution in [0.25, 0.3) is 0 Å². The Morgan fingerprint density at radius 3 is 3.05 bits per heavy atom. The van der Waals surface area contributed by atoms with Crippen LogP contribution in [0.3, 0.4) is 0 Å². The van der Waals surface area contributed by atoms with E-state index in [9.17, 15) is 4.79 Å². The molecule has 1 saturated heterocycles. The number of nitrogens with one attached hydrogen (secondary N) is 2. The molecule has 5 heteroatoms. The van der Waals surface area contributed by atoms with Crippen LogP contribution in [-0.4, -0.2) is 25.6 Å². The van der Waals surface area contributed by atoms with Crippen LogP contribution in [0.4, 0.5) is 5.69 Å². The summed E-state index contributed by atoms with van der Waals surface area (Å²) in [6.45, 7) is 3.50. The molecular formula is C15H21BrN2O2. The molecule has 0 aliphatic carbocycles. The summed E-state index contributed by atoms with van der Waals surface area (Å²) in [5.74, 6) is 0.189. The van der Waals surface area contributed by atoms with Crippen molar-refractivity contribution in [1.82, 2.24) is 5.32 Å². The predicted molar refractivity (Wildman–Crippen MR) is 83.7 cm³/mol. The third kappa shape index (κ3) is 3.81. The minimum atomic E-state index is 0.0839. The summed E-state index contributed by atoms with van der Waals surface area (Å²) >= 11 is 3.50. The van der Waals surface area contributed by atoms with E-state index in [0.29, 0.717) is 12.6 Å². The highest BCUT2D eigenvalue weighted by atomic mass is 79.9. The largest absolute Gasteiger partial charge is 0.380 e. The second kappa shape index (κ2) is 7.20. The lowest BCUT2D eigenvalue weighted by Crippen LogP contribution is -2.40. The standard InChI is InChI=1S/C15H21BrN2O2/c1-10-8-11(6-7-17-10)15(19)18-14-5-3-4-13(16)12(14)9-20-2/h3-5,10-11,17H,6-9H2,1-2H3,(H,18,19)/t10-,11-/m0/s1. The monoisotopic (exact) mass is 340 g/mol. The van der Waals surface area contributed by atoms with E-state index in [4.69, 9.17) is 4.74 Å². The number of hydrogen-bond acceptors (Lipinski definition) is 3. The Bertz CT molecular complexity index is 479. The first-order chi connectivity index (χ1) is 9.61. The highest BCUT2D eigenvalue weighted by Gasteiger charge is 2.25. The van der Waals surface area contributed by atoms with Gasteiger partial charge >= 0.3 is 0 Å². The molecule has 2 rings (SSSR count). The number of anilines is 1. The van der Waals surface area contributed by atoms with E-state index in [2.05, 4.69) is 33.5 Å². The number of halogens is 1. The Hall–Kier alpha value is -0.910. The van der Waals surface area contributed by atoms with Gasteiger partial charge in [-0.25, -0.2) is 0 Å². The minimum absolute atomic E-state index is 0.0839. The van der Waals surface area contributed by atoms with Crippen LogP contribution in [-0.2, 0) is 16.1 Å². The van der Waals surface area contributed by atoms with E-state index in [1.54, 1.807) is 7.11 Å². The Labute approximate surface area is 128 Å². The Kier molecular flexibility index (Phi) is 5.57. The Balaban J connectivity index is 2.09. The number of ether oxygens (including phenoxy) is 1. The fraction of sp³-hybridized carbons (Fsp3) is 0.533. The third-order valence-corrected chi connectivity index (χ3v) is 4.40. The van der Waals surface area contributed by atoms with Crippen molar-refractivity contribution in [3.8, 4) is 0 Å². The molecule has 1 aromatic rings. The lowest BCUT2D eigenvalue weighted by molar-refractivity contribution is -0.120. The summed E-state index contributed by atoms with van der Waals surface area (Å²) in [6.07, 6.45) is 1.78. The van der Waals surface area contributed by atoms with E-state index in [1.165, 1.54) is 0 Å². The molecule has 2 atom stereocenters. The van der Waals surface area contributed by atoms with Crippen LogP contribution in [0.1, 0.15) is 25.3 Å². The number of methoxy groups -OCH3 is 1. The topological polar surface area (TPSA) is 50.4 Å². The molecule has 0 bridgehead atoms. The molecule has 1 aromatic carbocycles. The zero-order valence-corrected chi connectivity index (χ0v) is 13.5. The van der Waals surface area contributed by atoms with Gasteiger partial charge in [0.25, 0.3) is 0 Å². The van der Waals surface area contributed by atoms with Gasteiger partial charge in [0.2, 0.25) is 5.91 Å². The minimum Gasteiger partial charge on any atom is -0.380 e. The molecule has 0 saturated carbocycles. The van der Waals surface area contributed by atoms with Gasteiger partial charge in [-0.15, -0.1) is 0 Å². The number of carbonyl (C=O) groups excluding carboxylic acids is 1. The number of piperidine rings is 1. The van der Waals surface area contributed by atoms with Gasteiger partial charge in [-0.2, -0.15) is 0 Å². The van der Waals surface area contributed by atoms with Crippen molar-refractivity contribution < 1.29 is 9.53 Å². The van der Waals surface area contributed by atoms with Gasteiger partial charge in [0, 0.05) is 34.8 Å². The second-order valence-corrected chi connectivity index (χ2v) is 6.12. The molecule has 0 unspecified atom stereocenters. The van der Waals surface area contributed by atoms with Gasteiger partial charge in [0.1, 0.15) is 0 Å². The highest BCUT2D eigenvalue weighted by molar-refractivity contribution is 9.10. The molecule has 110 valence electrons. The van der Waals surface area contributed by atoms with Crippen molar-refractivity contribution in [3.05, 3.63) is 28.2 Å². The number of rotatable bonds is 4. The molecule has 1 aliphatic heterocycles. The summed E-state index contributed by atoms with van der Waals surface area (Å²) in [6, 6.07) is 6.20. The Morgan fingerprint density at radius 1 is 1.55 bits per heavy atom. The average Bonchev–Trinajstić information content (AvgIpc) is 2.42. The van der Waals surface area contributed by atoms with Crippen molar-refractivity contribution in [2.24, 2.45) is 5.92 Å². The molecule has 0 aromatic heterocycles. The molecular weight excluding hydrogens is 320 g/mol. The number of benzene rings is 1. The molecule has 1 heterocycles. The van der Waals surface area contributed by atoms with Gasteiger partial charge in [-0.05, 0) is 38.4 Å². The maximum absolute atomic E-state index is 12.4. The predicted octanol–water partition coefficient (Wildman–Crippen LogP) is 2.92. The van der Waals surface area contributed by atoms with E-state index in [-0.39, 0.29) is 11.8 Å². The molecule has 20 heavy (non-hydrogen) atoms. The van der Waals surface area contributed by atoms with E-state index < -0.39 is 0 Å². The van der Waals surface area contributed by atoms with Crippen LogP contribution in [0.5, 0.6) is 0 Å². The normalized spacial score (nSPS) is 22.6.